The van der Waals surface area contributed by atoms with E-state index in [-0.39, 0.29) is 11.8 Å². The minimum Gasteiger partial charge on any atom is -0.369 e. The molecule has 0 fully saturated rings. The smallest absolute Gasteiger partial charge is 0.222 e. The van der Waals surface area contributed by atoms with E-state index < -0.39 is 0 Å². The van der Waals surface area contributed by atoms with Gasteiger partial charge in [-0.2, -0.15) is 0 Å². The minimum atomic E-state index is -0.338. The van der Waals surface area contributed by atoms with Crippen LogP contribution in [0.5, 0.6) is 0 Å². The van der Waals surface area contributed by atoms with Gasteiger partial charge in [-0.15, -0.1) is 0 Å². The van der Waals surface area contributed by atoms with E-state index in [0.717, 1.165) is 17.2 Å². The second-order valence-corrected chi connectivity index (χ2v) is 4.18. The predicted octanol–water partition coefficient (Wildman–Crippen LogP) is 1.58. The van der Waals surface area contributed by atoms with E-state index in [1.807, 2.05) is 28.8 Å². The van der Waals surface area contributed by atoms with Crippen molar-refractivity contribution in [1.29, 1.82) is 0 Å². The van der Waals surface area contributed by atoms with Crippen LogP contribution in [0, 0.1) is 5.92 Å². The second-order valence-electron chi connectivity index (χ2n) is 4.18. The van der Waals surface area contributed by atoms with E-state index in [1.54, 1.807) is 13.1 Å². The Morgan fingerprint density at radius 3 is 2.82 bits per heavy atom. The molecule has 0 aliphatic heterocycles. The molecule has 4 heteroatoms. The summed E-state index contributed by atoms with van der Waals surface area (Å²) in [5.74, 6) is -0.597. The van der Waals surface area contributed by atoms with Crippen molar-refractivity contribution in [2.45, 2.75) is 13.5 Å². The number of carbonyl (C=O) groups is 2. The highest BCUT2D eigenvalue weighted by Gasteiger charge is 2.13. The summed E-state index contributed by atoms with van der Waals surface area (Å²) in [4.78, 5) is 22.0. The number of primary amides is 1. The largest absolute Gasteiger partial charge is 0.369 e. The molecule has 0 spiro atoms. The fraction of sp³-hybridized carbons (Fsp3) is 0.231. The van der Waals surface area contributed by atoms with Crippen LogP contribution < -0.4 is 5.73 Å². The molecule has 1 amide bonds. The first-order valence-corrected chi connectivity index (χ1v) is 5.46. The molecule has 1 atom stereocenters. The average molecular weight is 230 g/mol. The molecule has 1 aromatic carbocycles. The lowest BCUT2D eigenvalue weighted by Crippen LogP contribution is -2.24. The lowest BCUT2D eigenvalue weighted by molar-refractivity contribution is -0.121. The van der Waals surface area contributed by atoms with Gasteiger partial charge in [0.15, 0.2) is 6.29 Å². The van der Waals surface area contributed by atoms with Gasteiger partial charge in [0.2, 0.25) is 5.91 Å². The van der Waals surface area contributed by atoms with Crippen molar-refractivity contribution in [3.05, 3.63) is 36.0 Å². The van der Waals surface area contributed by atoms with Crippen molar-refractivity contribution in [2.75, 3.05) is 0 Å². The van der Waals surface area contributed by atoms with Crippen LogP contribution in [-0.4, -0.2) is 16.8 Å². The van der Waals surface area contributed by atoms with Crippen LogP contribution in [0.25, 0.3) is 10.9 Å². The third-order valence-corrected chi connectivity index (χ3v) is 2.90. The van der Waals surface area contributed by atoms with Gasteiger partial charge in [0, 0.05) is 29.2 Å². The van der Waals surface area contributed by atoms with E-state index in [4.69, 9.17) is 5.73 Å². The average Bonchev–Trinajstić information content (AvgIpc) is 2.68. The first-order chi connectivity index (χ1) is 8.13. The molecular weight excluding hydrogens is 216 g/mol. The number of rotatable bonds is 4. The zero-order chi connectivity index (χ0) is 12.4. The van der Waals surface area contributed by atoms with Crippen LogP contribution in [0.4, 0.5) is 0 Å². The number of hydrogen-bond donors (Lipinski definition) is 1. The Bertz CT molecular complexity index is 572. The molecule has 0 radical (unpaired) electrons. The highest BCUT2D eigenvalue weighted by atomic mass is 16.1. The van der Waals surface area contributed by atoms with E-state index >= 15 is 0 Å². The van der Waals surface area contributed by atoms with E-state index in [2.05, 4.69) is 0 Å². The summed E-state index contributed by atoms with van der Waals surface area (Å²) in [5, 5.41) is 0.902. The SMILES string of the molecule is CC(Cn1cc(C=O)c2ccccc21)C(N)=O. The highest BCUT2D eigenvalue weighted by Crippen LogP contribution is 2.20. The molecule has 0 bridgehead atoms. The van der Waals surface area contributed by atoms with E-state index in [9.17, 15) is 9.59 Å². The summed E-state index contributed by atoms with van der Waals surface area (Å²) in [7, 11) is 0. The number of aldehydes is 1. The van der Waals surface area contributed by atoms with Crippen LogP contribution in [0.1, 0.15) is 17.3 Å². The third-order valence-electron chi connectivity index (χ3n) is 2.90. The number of benzene rings is 1. The fourth-order valence-corrected chi connectivity index (χ4v) is 1.91. The van der Waals surface area contributed by atoms with E-state index in [0.29, 0.717) is 12.1 Å². The zero-order valence-electron chi connectivity index (χ0n) is 9.59. The van der Waals surface area contributed by atoms with Gasteiger partial charge < -0.3 is 10.3 Å². The van der Waals surface area contributed by atoms with Crippen molar-refractivity contribution in [2.24, 2.45) is 11.7 Å². The normalized spacial score (nSPS) is 12.5. The Morgan fingerprint density at radius 1 is 1.47 bits per heavy atom. The van der Waals surface area contributed by atoms with Crippen molar-refractivity contribution in [3.8, 4) is 0 Å². The quantitative estimate of drug-likeness (QED) is 0.810. The molecule has 1 heterocycles. The fourth-order valence-electron chi connectivity index (χ4n) is 1.91. The molecule has 2 N–H and O–H groups in total. The second kappa shape index (κ2) is 4.41. The summed E-state index contributed by atoms with van der Waals surface area (Å²) >= 11 is 0. The molecule has 1 aromatic heterocycles. The van der Waals surface area contributed by atoms with Crippen LogP contribution in [0.3, 0.4) is 0 Å². The Balaban J connectivity index is 2.47. The third kappa shape index (κ3) is 2.06. The maximum absolute atomic E-state index is 11.1. The van der Waals surface area contributed by atoms with Gasteiger partial charge in [-0.05, 0) is 6.07 Å². The summed E-state index contributed by atoms with van der Waals surface area (Å²) < 4.78 is 1.90. The summed E-state index contributed by atoms with van der Waals surface area (Å²) in [5.41, 5.74) is 6.83. The summed E-state index contributed by atoms with van der Waals surface area (Å²) in [6, 6.07) is 7.61. The molecule has 0 saturated carbocycles. The molecule has 0 aliphatic rings. The molecule has 2 aromatic rings. The molecule has 0 saturated heterocycles. The monoisotopic (exact) mass is 230 g/mol. The number of amides is 1. The van der Waals surface area contributed by atoms with Crippen molar-refractivity contribution >= 4 is 23.1 Å². The molecule has 17 heavy (non-hydrogen) atoms. The van der Waals surface area contributed by atoms with Gasteiger partial charge in [0.05, 0.1) is 5.92 Å². The Kier molecular flexibility index (Phi) is 2.95. The van der Waals surface area contributed by atoms with Gasteiger partial charge in [0.1, 0.15) is 0 Å². The van der Waals surface area contributed by atoms with Gasteiger partial charge in [-0.25, -0.2) is 0 Å². The first kappa shape index (κ1) is 11.4. The first-order valence-electron chi connectivity index (χ1n) is 5.46. The van der Waals surface area contributed by atoms with Crippen LogP contribution in [-0.2, 0) is 11.3 Å². The maximum atomic E-state index is 11.1. The van der Waals surface area contributed by atoms with Crippen LogP contribution in [0.2, 0.25) is 0 Å². The Labute approximate surface area is 99.0 Å². The number of hydrogen-bond acceptors (Lipinski definition) is 2. The molecular formula is C13H14N2O2. The molecule has 88 valence electrons. The van der Waals surface area contributed by atoms with Crippen LogP contribution in [0.15, 0.2) is 30.5 Å². The Hall–Kier alpha value is -2.10. The highest BCUT2D eigenvalue weighted by molar-refractivity contribution is 5.97. The number of carbonyl (C=O) groups excluding carboxylic acids is 2. The van der Waals surface area contributed by atoms with Gasteiger partial charge in [0.25, 0.3) is 0 Å². The van der Waals surface area contributed by atoms with Crippen LogP contribution >= 0.6 is 0 Å². The standard InChI is InChI=1S/C13H14N2O2/c1-9(13(14)17)6-15-7-10(8-16)11-4-2-3-5-12(11)15/h2-5,7-9H,6H2,1H3,(H2,14,17). The number of aromatic nitrogens is 1. The topological polar surface area (TPSA) is 65.1 Å². The van der Waals surface area contributed by atoms with E-state index in [1.165, 1.54) is 0 Å². The molecule has 0 aliphatic carbocycles. The lowest BCUT2D eigenvalue weighted by Gasteiger charge is -2.09. The van der Waals surface area contributed by atoms with Gasteiger partial charge in [-0.3, -0.25) is 9.59 Å². The number of nitrogens with two attached hydrogens (primary N) is 1. The van der Waals surface area contributed by atoms with Crippen molar-refractivity contribution in [1.82, 2.24) is 4.57 Å². The molecule has 1 unspecified atom stereocenters. The predicted molar refractivity (Wildman–Crippen MR) is 65.7 cm³/mol. The van der Waals surface area contributed by atoms with Gasteiger partial charge in [-0.1, -0.05) is 25.1 Å². The zero-order valence-corrected chi connectivity index (χ0v) is 9.59. The Morgan fingerprint density at radius 2 is 2.18 bits per heavy atom. The number of nitrogens with zero attached hydrogens (tertiary/aromatic N) is 1. The van der Waals surface area contributed by atoms with Crippen molar-refractivity contribution < 1.29 is 9.59 Å². The molecule has 2 rings (SSSR count). The lowest BCUT2D eigenvalue weighted by atomic mass is 10.1. The maximum Gasteiger partial charge on any atom is 0.222 e. The summed E-state index contributed by atoms with van der Waals surface area (Å²) in [6.07, 6.45) is 2.59. The number of fused-ring (bicyclic) bond motifs is 1. The minimum absolute atomic E-state index is 0.259. The van der Waals surface area contributed by atoms with Gasteiger partial charge >= 0.3 is 0 Å². The summed E-state index contributed by atoms with van der Waals surface area (Å²) in [6.45, 7) is 2.27. The van der Waals surface area contributed by atoms with Crippen molar-refractivity contribution in [3.63, 3.8) is 0 Å². The number of para-hydroxylation sites is 1. The molecule has 4 nitrogen and oxygen atoms in total.